The first-order valence-corrected chi connectivity index (χ1v) is 8.83. The molecule has 0 radical (unpaired) electrons. The second kappa shape index (κ2) is 6.89. The van der Waals surface area contributed by atoms with Crippen molar-refractivity contribution < 1.29 is 9.18 Å². The SMILES string of the molecule is CCC1=C(Br)c2ccccc2N(Cc2ccc(C)c(F)c2)C(=O)C1. The van der Waals surface area contributed by atoms with Crippen LogP contribution in [0.1, 0.15) is 36.5 Å². The quantitative estimate of drug-likeness (QED) is 0.672. The zero-order valence-corrected chi connectivity index (χ0v) is 15.4. The molecule has 0 bridgehead atoms. The van der Waals surface area contributed by atoms with Gasteiger partial charge in [0.05, 0.1) is 12.2 Å². The van der Waals surface area contributed by atoms with Crippen molar-refractivity contribution in [1.82, 2.24) is 0 Å². The van der Waals surface area contributed by atoms with E-state index in [9.17, 15) is 9.18 Å². The van der Waals surface area contributed by atoms with Crippen LogP contribution >= 0.6 is 15.9 Å². The molecule has 0 spiro atoms. The zero-order chi connectivity index (χ0) is 17.3. The molecule has 0 saturated carbocycles. The van der Waals surface area contributed by atoms with Crippen LogP contribution in [0.4, 0.5) is 10.1 Å². The molecular formula is C20H19BrFNO. The van der Waals surface area contributed by atoms with Gasteiger partial charge in [0.25, 0.3) is 0 Å². The maximum Gasteiger partial charge on any atom is 0.231 e. The van der Waals surface area contributed by atoms with Crippen LogP contribution in [-0.2, 0) is 11.3 Å². The molecule has 124 valence electrons. The summed E-state index contributed by atoms with van der Waals surface area (Å²) in [6, 6.07) is 13.0. The Morgan fingerprint density at radius 3 is 2.67 bits per heavy atom. The highest BCUT2D eigenvalue weighted by atomic mass is 79.9. The molecule has 2 aromatic carbocycles. The Labute approximate surface area is 150 Å². The fourth-order valence-electron chi connectivity index (χ4n) is 2.95. The molecule has 0 N–H and O–H groups in total. The van der Waals surface area contributed by atoms with Crippen molar-refractivity contribution in [2.24, 2.45) is 0 Å². The number of para-hydroxylation sites is 1. The van der Waals surface area contributed by atoms with Gasteiger partial charge in [-0.05, 0) is 42.2 Å². The van der Waals surface area contributed by atoms with E-state index in [2.05, 4.69) is 22.9 Å². The number of carbonyl (C=O) groups excluding carboxylic acids is 1. The van der Waals surface area contributed by atoms with E-state index in [0.717, 1.165) is 33.3 Å². The van der Waals surface area contributed by atoms with E-state index >= 15 is 0 Å². The van der Waals surface area contributed by atoms with E-state index in [1.54, 1.807) is 17.9 Å². The summed E-state index contributed by atoms with van der Waals surface area (Å²) in [5, 5.41) is 0. The maximum absolute atomic E-state index is 13.9. The Balaban J connectivity index is 2.04. The number of amides is 1. The topological polar surface area (TPSA) is 20.3 Å². The lowest BCUT2D eigenvalue weighted by Gasteiger charge is -2.23. The molecular weight excluding hydrogens is 369 g/mol. The van der Waals surface area contributed by atoms with Crippen LogP contribution in [0.2, 0.25) is 0 Å². The number of fused-ring (bicyclic) bond motifs is 1. The van der Waals surface area contributed by atoms with Crippen molar-refractivity contribution in [3.63, 3.8) is 0 Å². The molecule has 0 aromatic heterocycles. The van der Waals surface area contributed by atoms with Gasteiger partial charge in [0.15, 0.2) is 0 Å². The zero-order valence-electron chi connectivity index (χ0n) is 13.8. The molecule has 0 atom stereocenters. The molecule has 2 aromatic rings. The maximum atomic E-state index is 13.9. The van der Waals surface area contributed by atoms with Crippen LogP contribution in [0, 0.1) is 12.7 Å². The number of halogens is 2. The van der Waals surface area contributed by atoms with Crippen molar-refractivity contribution in [1.29, 1.82) is 0 Å². The van der Waals surface area contributed by atoms with E-state index in [1.807, 2.05) is 30.3 Å². The summed E-state index contributed by atoms with van der Waals surface area (Å²) >= 11 is 3.67. The number of hydrogen-bond donors (Lipinski definition) is 0. The smallest absolute Gasteiger partial charge is 0.231 e. The molecule has 1 heterocycles. The monoisotopic (exact) mass is 387 g/mol. The van der Waals surface area contributed by atoms with E-state index in [4.69, 9.17) is 0 Å². The normalized spacial score (nSPS) is 14.7. The van der Waals surface area contributed by atoms with Crippen molar-refractivity contribution in [3.8, 4) is 0 Å². The summed E-state index contributed by atoms with van der Waals surface area (Å²) in [5.41, 5.74) is 4.35. The summed E-state index contributed by atoms with van der Waals surface area (Å²) in [4.78, 5) is 14.6. The Bertz CT molecular complexity index is 828. The predicted octanol–water partition coefficient (Wildman–Crippen LogP) is 5.59. The Kier molecular flexibility index (Phi) is 4.86. The minimum atomic E-state index is -0.239. The summed E-state index contributed by atoms with van der Waals surface area (Å²) in [5.74, 6) is -0.202. The van der Waals surface area contributed by atoms with E-state index in [1.165, 1.54) is 6.07 Å². The molecule has 0 fully saturated rings. The van der Waals surface area contributed by atoms with Gasteiger partial charge in [0, 0.05) is 16.5 Å². The lowest BCUT2D eigenvalue weighted by Crippen LogP contribution is -2.30. The van der Waals surface area contributed by atoms with Crippen molar-refractivity contribution >= 4 is 32.0 Å². The Morgan fingerprint density at radius 2 is 1.96 bits per heavy atom. The van der Waals surface area contributed by atoms with Gasteiger partial charge in [-0.3, -0.25) is 4.79 Å². The van der Waals surface area contributed by atoms with Gasteiger partial charge in [-0.2, -0.15) is 0 Å². The van der Waals surface area contributed by atoms with Crippen LogP contribution in [-0.4, -0.2) is 5.91 Å². The Morgan fingerprint density at radius 1 is 1.21 bits per heavy atom. The number of anilines is 1. The van der Waals surface area contributed by atoms with Crippen molar-refractivity contribution in [2.75, 3.05) is 4.90 Å². The molecule has 0 aliphatic carbocycles. The summed E-state index contributed by atoms with van der Waals surface area (Å²) in [6.07, 6.45) is 1.19. The minimum Gasteiger partial charge on any atom is -0.307 e. The Hall–Kier alpha value is -1.94. The highest BCUT2D eigenvalue weighted by Gasteiger charge is 2.26. The van der Waals surface area contributed by atoms with Gasteiger partial charge in [0.2, 0.25) is 5.91 Å². The highest BCUT2D eigenvalue weighted by molar-refractivity contribution is 9.15. The molecule has 1 aliphatic rings. The standard InChI is InChI=1S/C20H19BrFNO/c1-3-15-11-19(24)23(12-14-9-8-13(2)17(22)10-14)18-7-5-4-6-16(18)20(15)21/h4-10H,3,11-12H2,1-2H3. The first-order chi connectivity index (χ1) is 11.5. The third kappa shape index (κ3) is 3.16. The average molecular weight is 388 g/mol. The fourth-order valence-corrected chi connectivity index (χ4v) is 3.70. The number of aryl methyl sites for hydroxylation is 1. The number of benzene rings is 2. The number of rotatable bonds is 3. The second-order valence-corrected chi connectivity index (χ2v) is 6.82. The summed E-state index contributed by atoms with van der Waals surface area (Å²) in [7, 11) is 0. The summed E-state index contributed by atoms with van der Waals surface area (Å²) in [6.45, 7) is 4.15. The lowest BCUT2D eigenvalue weighted by atomic mass is 10.1. The second-order valence-electron chi connectivity index (χ2n) is 6.03. The highest BCUT2D eigenvalue weighted by Crippen LogP contribution is 2.39. The molecule has 4 heteroatoms. The summed E-state index contributed by atoms with van der Waals surface area (Å²) < 4.78 is 14.9. The third-order valence-corrected chi connectivity index (χ3v) is 5.40. The largest absolute Gasteiger partial charge is 0.307 e. The van der Waals surface area contributed by atoms with Crippen LogP contribution < -0.4 is 4.90 Å². The minimum absolute atomic E-state index is 0.0368. The molecule has 1 amide bonds. The van der Waals surface area contributed by atoms with Crippen molar-refractivity contribution in [3.05, 3.63) is 70.5 Å². The van der Waals surface area contributed by atoms with Crippen molar-refractivity contribution in [2.45, 2.75) is 33.2 Å². The number of nitrogens with zero attached hydrogens (tertiary/aromatic N) is 1. The number of carbonyl (C=O) groups is 1. The molecule has 3 rings (SSSR count). The van der Waals surface area contributed by atoms with Gasteiger partial charge < -0.3 is 4.90 Å². The molecule has 1 aliphatic heterocycles. The lowest BCUT2D eigenvalue weighted by molar-refractivity contribution is -0.118. The molecule has 0 saturated heterocycles. The van der Waals surface area contributed by atoms with E-state index in [0.29, 0.717) is 18.5 Å². The van der Waals surface area contributed by atoms with E-state index in [-0.39, 0.29) is 11.7 Å². The fraction of sp³-hybridized carbons (Fsp3) is 0.250. The van der Waals surface area contributed by atoms with Crippen LogP contribution in [0.5, 0.6) is 0 Å². The van der Waals surface area contributed by atoms with Crippen LogP contribution in [0.25, 0.3) is 4.48 Å². The first-order valence-electron chi connectivity index (χ1n) is 8.03. The van der Waals surface area contributed by atoms with Crippen LogP contribution in [0.3, 0.4) is 0 Å². The third-order valence-electron chi connectivity index (χ3n) is 4.41. The van der Waals surface area contributed by atoms with Gasteiger partial charge >= 0.3 is 0 Å². The van der Waals surface area contributed by atoms with Gasteiger partial charge in [-0.1, -0.05) is 53.2 Å². The van der Waals surface area contributed by atoms with Gasteiger partial charge in [0.1, 0.15) is 5.82 Å². The first kappa shape index (κ1) is 16.9. The van der Waals surface area contributed by atoms with Crippen LogP contribution in [0.15, 0.2) is 48.0 Å². The predicted molar refractivity (Wildman–Crippen MR) is 99.5 cm³/mol. The van der Waals surface area contributed by atoms with E-state index < -0.39 is 0 Å². The van der Waals surface area contributed by atoms with Gasteiger partial charge in [-0.15, -0.1) is 0 Å². The average Bonchev–Trinajstić information content (AvgIpc) is 2.68. The molecule has 2 nitrogen and oxygen atoms in total. The molecule has 24 heavy (non-hydrogen) atoms. The number of hydrogen-bond acceptors (Lipinski definition) is 1. The molecule has 0 unspecified atom stereocenters. The van der Waals surface area contributed by atoms with Gasteiger partial charge in [-0.25, -0.2) is 4.39 Å².